The molecule has 0 N–H and O–H groups in total. The van der Waals surface area contributed by atoms with Crippen molar-refractivity contribution >= 4 is 5.91 Å². The number of benzene rings is 2. The number of amides is 1. The van der Waals surface area contributed by atoms with Crippen LogP contribution in [0.1, 0.15) is 17.0 Å². The van der Waals surface area contributed by atoms with Crippen LogP contribution in [0.25, 0.3) is 11.4 Å². The van der Waals surface area contributed by atoms with Crippen molar-refractivity contribution in [2.24, 2.45) is 0 Å². The monoisotopic (exact) mass is 405 g/mol. The highest BCUT2D eigenvalue weighted by Crippen LogP contribution is 2.31. The largest absolute Gasteiger partial charge is 0.484 e. The van der Waals surface area contributed by atoms with Crippen molar-refractivity contribution in [1.82, 2.24) is 15.0 Å². The first-order valence-corrected chi connectivity index (χ1v) is 8.66. The van der Waals surface area contributed by atoms with Gasteiger partial charge in [-0.3, -0.25) is 4.79 Å². The molecule has 0 bridgehead atoms. The van der Waals surface area contributed by atoms with Gasteiger partial charge < -0.3 is 14.2 Å². The van der Waals surface area contributed by atoms with Gasteiger partial charge in [-0.2, -0.15) is 18.2 Å². The predicted octanol–water partition coefficient (Wildman–Crippen LogP) is 4.10. The van der Waals surface area contributed by atoms with E-state index in [-0.39, 0.29) is 18.2 Å². The average molecular weight is 405 g/mol. The zero-order chi connectivity index (χ0) is 21.0. The lowest BCUT2D eigenvalue weighted by Gasteiger charge is -2.15. The second-order valence-corrected chi connectivity index (χ2v) is 6.39. The van der Waals surface area contributed by atoms with Gasteiger partial charge in [0, 0.05) is 12.6 Å². The van der Waals surface area contributed by atoms with Gasteiger partial charge in [0.15, 0.2) is 6.61 Å². The van der Waals surface area contributed by atoms with E-state index in [4.69, 9.17) is 9.26 Å². The molecule has 152 valence electrons. The number of hydrogen-bond acceptors (Lipinski definition) is 5. The molecule has 2 aromatic carbocycles. The van der Waals surface area contributed by atoms with Gasteiger partial charge in [-0.25, -0.2) is 0 Å². The number of likely N-dealkylation sites (N-methyl/N-ethyl adjacent to an activating group) is 1. The number of hydrogen-bond donors (Lipinski definition) is 0. The molecule has 0 radical (unpaired) electrons. The third kappa shape index (κ3) is 5.13. The highest BCUT2D eigenvalue weighted by Gasteiger charge is 2.30. The van der Waals surface area contributed by atoms with E-state index in [9.17, 15) is 18.0 Å². The molecule has 1 aromatic heterocycles. The van der Waals surface area contributed by atoms with Crippen molar-refractivity contribution in [1.29, 1.82) is 0 Å². The van der Waals surface area contributed by atoms with E-state index in [1.807, 2.05) is 31.2 Å². The lowest BCUT2D eigenvalue weighted by atomic mass is 10.1. The van der Waals surface area contributed by atoms with Crippen molar-refractivity contribution in [3.63, 3.8) is 0 Å². The first kappa shape index (κ1) is 20.4. The van der Waals surface area contributed by atoms with E-state index in [2.05, 4.69) is 10.1 Å². The third-order valence-corrected chi connectivity index (χ3v) is 4.18. The lowest BCUT2D eigenvalue weighted by molar-refractivity contribution is -0.137. The Bertz CT molecular complexity index is 1000. The number of aryl methyl sites for hydroxylation is 1. The van der Waals surface area contributed by atoms with Crippen LogP contribution >= 0.6 is 0 Å². The maximum Gasteiger partial charge on any atom is 0.416 e. The Hall–Kier alpha value is -3.36. The van der Waals surface area contributed by atoms with Crippen LogP contribution in [0, 0.1) is 6.92 Å². The van der Waals surface area contributed by atoms with Crippen LogP contribution in [-0.2, 0) is 17.5 Å². The number of carbonyl (C=O) groups is 1. The van der Waals surface area contributed by atoms with E-state index in [1.165, 1.54) is 24.1 Å². The highest BCUT2D eigenvalue weighted by atomic mass is 19.4. The van der Waals surface area contributed by atoms with Gasteiger partial charge in [-0.05, 0) is 30.7 Å². The molecule has 0 unspecified atom stereocenters. The Morgan fingerprint density at radius 1 is 1.17 bits per heavy atom. The number of carbonyl (C=O) groups excluding carboxylic acids is 1. The Morgan fingerprint density at radius 3 is 2.66 bits per heavy atom. The van der Waals surface area contributed by atoms with E-state index in [1.54, 1.807) is 0 Å². The van der Waals surface area contributed by atoms with E-state index in [0.717, 1.165) is 23.3 Å². The lowest BCUT2D eigenvalue weighted by Crippen LogP contribution is -2.31. The molecule has 1 heterocycles. The summed E-state index contributed by atoms with van der Waals surface area (Å²) in [7, 11) is 1.51. The molecule has 0 saturated heterocycles. The molecule has 0 spiro atoms. The number of nitrogens with zero attached hydrogens (tertiary/aromatic N) is 3. The molecule has 0 aliphatic heterocycles. The molecule has 3 rings (SSSR count). The summed E-state index contributed by atoms with van der Waals surface area (Å²) in [6, 6.07) is 11.9. The minimum absolute atomic E-state index is 0.0406. The molecular formula is C20H18F3N3O3. The summed E-state index contributed by atoms with van der Waals surface area (Å²) >= 11 is 0. The normalized spacial score (nSPS) is 11.3. The number of alkyl halides is 3. The fourth-order valence-corrected chi connectivity index (χ4v) is 2.56. The topological polar surface area (TPSA) is 68.5 Å². The first-order valence-electron chi connectivity index (χ1n) is 8.66. The third-order valence-electron chi connectivity index (χ3n) is 4.18. The van der Waals surface area contributed by atoms with Gasteiger partial charge in [-0.15, -0.1) is 0 Å². The van der Waals surface area contributed by atoms with Crippen LogP contribution in [0.2, 0.25) is 0 Å². The van der Waals surface area contributed by atoms with Crippen LogP contribution in [0.3, 0.4) is 0 Å². The summed E-state index contributed by atoms with van der Waals surface area (Å²) in [5.74, 6) is 0.164. The molecule has 6 nitrogen and oxygen atoms in total. The van der Waals surface area contributed by atoms with Crippen molar-refractivity contribution < 1.29 is 27.2 Å². The number of rotatable bonds is 6. The molecule has 0 aliphatic rings. The number of ether oxygens (including phenoxy) is 1. The van der Waals surface area contributed by atoms with Gasteiger partial charge in [-0.1, -0.05) is 35.5 Å². The first-order chi connectivity index (χ1) is 13.7. The predicted molar refractivity (Wildman–Crippen MR) is 97.9 cm³/mol. The summed E-state index contributed by atoms with van der Waals surface area (Å²) in [5, 5.41) is 3.92. The smallest absolute Gasteiger partial charge is 0.416 e. The van der Waals surface area contributed by atoms with Crippen LogP contribution < -0.4 is 4.74 Å². The van der Waals surface area contributed by atoms with E-state index >= 15 is 0 Å². The van der Waals surface area contributed by atoms with E-state index in [0.29, 0.717) is 5.82 Å². The van der Waals surface area contributed by atoms with Gasteiger partial charge in [0.05, 0.1) is 12.1 Å². The molecule has 9 heteroatoms. The molecule has 0 atom stereocenters. The Balaban J connectivity index is 1.58. The van der Waals surface area contributed by atoms with Gasteiger partial charge >= 0.3 is 6.18 Å². The second kappa shape index (κ2) is 8.34. The number of halogens is 3. The fourth-order valence-electron chi connectivity index (χ4n) is 2.56. The van der Waals surface area contributed by atoms with Gasteiger partial charge in [0.25, 0.3) is 5.91 Å². The van der Waals surface area contributed by atoms with Crippen LogP contribution in [0.5, 0.6) is 5.75 Å². The Morgan fingerprint density at radius 2 is 1.93 bits per heavy atom. The minimum Gasteiger partial charge on any atom is -0.484 e. The van der Waals surface area contributed by atoms with Crippen LogP contribution in [0.15, 0.2) is 53.1 Å². The number of aromatic nitrogens is 2. The molecule has 29 heavy (non-hydrogen) atoms. The second-order valence-electron chi connectivity index (χ2n) is 6.39. The zero-order valence-corrected chi connectivity index (χ0v) is 15.7. The fraction of sp³-hybridized carbons (Fsp3) is 0.250. The summed E-state index contributed by atoms with van der Waals surface area (Å²) in [4.78, 5) is 17.8. The molecule has 1 amide bonds. The van der Waals surface area contributed by atoms with Gasteiger partial charge in [0.2, 0.25) is 11.7 Å². The Kier molecular flexibility index (Phi) is 5.86. The zero-order valence-electron chi connectivity index (χ0n) is 15.7. The molecular weight excluding hydrogens is 387 g/mol. The SMILES string of the molecule is Cc1ccccc1-c1noc(CN(C)C(=O)COc2cccc(C(F)(F)F)c2)n1. The molecule has 3 aromatic rings. The highest BCUT2D eigenvalue weighted by molar-refractivity contribution is 5.77. The van der Waals surface area contributed by atoms with Gasteiger partial charge in [0.1, 0.15) is 5.75 Å². The van der Waals surface area contributed by atoms with Crippen molar-refractivity contribution in [3.8, 4) is 17.1 Å². The average Bonchev–Trinajstić information content (AvgIpc) is 3.14. The maximum absolute atomic E-state index is 12.7. The van der Waals surface area contributed by atoms with E-state index < -0.39 is 24.3 Å². The maximum atomic E-state index is 12.7. The summed E-state index contributed by atoms with van der Waals surface area (Å²) in [5.41, 5.74) is 0.966. The molecule has 0 fully saturated rings. The summed E-state index contributed by atoms with van der Waals surface area (Å²) < 4.78 is 48.6. The van der Waals surface area contributed by atoms with Crippen molar-refractivity contribution in [3.05, 3.63) is 65.5 Å². The van der Waals surface area contributed by atoms with Crippen molar-refractivity contribution in [2.45, 2.75) is 19.6 Å². The van der Waals surface area contributed by atoms with Crippen LogP contribution in [-0.4, -0.2) is 34.6 Å². The molecule has 0 aliphatic carbocycles. The Labute approximate surface area is 164 Å². The van der Waals surface area contributed by atoms with Crippen molar-refractivity contribution in [2.75, 3.05) is 13.7 Å². The quantitative estimate of drug-likeness (QED) is 0.618. The van der Waals surface area contributed by atoms with Crippen LogP contribution in [0.4, 0.5) is 13.2 Å². The molecule has 0 saturated carbocycles. The minimum atomic E-state index is -4.48. The summed E-state index contributed by atoms with van der Waals surface area (Å²) in [6.07, 6.45) is -4.48. The summed E-state index contributed by atoms with van der Waals surface area (Å²) in [6.45, 7) is 1.55. The standard InChI is InChI=1S/C20H18F3N3O3/c1-13-6-3-4-9-16(13)19-24-17(29-25-19)11-26(2)18(27)12-28-15-8-5-7-14(10-15)20(21,22)23/h3-10H,11-12H2,1-2H3.